The third-order valence-corrected chi connectivity index (χ3v) is 4.47. The van der Waals surface area contributed by atoms with Gasteiger partial charge in [-0.3, -0.25) is 4.79 Å². The topological polar surface area (TPSA) is 41.6 Å². The van der Waals surface area contributed by atoms with Crippen LogP contribution in [-0.2, 0) is 9.53 Å². The van der Waals surface area contributed by atoms with Gasteiger partial charge in [0.15, 0.2) is 0 Å². The number of ether oxygens (including phenoxy) is 1. The van der Waals surface area contributed by atoms with Crippen molar-refractivity contribution in [3.8, 4) is 0 Å². The first-order chi connectivity index (χ1) is 9.02. The van der Waals surface area contributed by atoms with E-state index in [2.05, 4.69) is 19.2 Å². The van der Waals surface area contributed by atoms with E-state index < -0.39 is 0 Å². The van der Waals surface area contributed by atoms with Crippen molar-refractivity contribution < 1.29 is 9.53 Å². The Labute approximate surface area is 116 Å². The van der Waals surface area contributed by atoms with Gasteiger partial charge < -0.3 is 15.0 Å². The molecule has 2 aliphatic heterocycles. The van der Waals surface area contributed by atoms with Crippen LogP contribution in [0.1, 0.15) is 46.0 Å². The summed E-state index contributed by atoms with van der Waals surface area (Å²) in [6.07, 6.45) is 5.73. The van der Waals surface area contributed by atoms with Gasteiger partial charge >= 0.3 is 0 Å². The van der Waals surface area contributed by atoms with Crippen molar-refractivity contribution >= 4 is 5.91 Å². The minimum Gasteiger partial charge on any atom is -0.376 e. The molecule has 0 saturated carbocycles. The molecule has 2 fully saturated rings. The molecule has 2 heterocycles. The number of nitrogens with one attached hydrogen (secondary N) is 1. The minimum absolute atomic E-state index is 0.0407. The molecule has 0 aromatic carbocycles. The number of rotatable bonds is 3. The lowest BCUT2D eigenvalue weighted by Gasteiger charge is -2.30. The summed E-state index contributed by atoms with van der Waals surface area (Å²) in [4.78, 5) is 14.6. The predicted molar refractivity (Wildman–Crippen MR) is 76.0 cm³/mol. The van der Waals surface area contributed by atoms with Crippen LogP contribution in [0.4, 0.5) is 0 Å². The molecule has 0 aromatic rings. The fraction of sp³-hybridized carbons (Fsp3) is 0.933. The van der Waals surface area contributed by atoms with Crippen molar-refractivity contribution in [2.24, 2.45) is 5.41 Å². The van der Waals surface area contributed by atoms with E-state index >= 15 is 0 Å². The van der Waals surface area contributed by atoms with Crippen molar-refractivity contribution in [1.82, 2.24) is 10.2 Å². The Kier molecular flexibility index (Phi) is 4.85. The second kappa shape index (κ2) is 6.23. The van der Waals surface area contributed by atoms with Gasteiger partial charge in [0, 0.05) is 19.7 Å². The average Bonchev–Trinajstić information content (AvgIpc) is 2.51. The first-order valence-corrected chi connectivity index (χ1v) is 7.59. The third-order valence-electron chi connectivity index (χ3n) is 4.47. The van der Waals surface area contributed by atoms with E-state index in [0.717, 1.165) is 45.4 Å². The summed E-state index contributed by atoms with van der Waals surface area (Å²) in [5.74, 6) is 0.252. The van der Waals surface area contributed by atoms with Crippen molar-refractivity contribution in [3.05, 3.63) is 0 Å². The fourth-order valence-corrected chi connectivity index (χ4v) is 3.11. The highest BCUT2D eigenvalue weighted by Gasteiger charge is 2.35. The van der Waals surface area contributed by atoms with Crippen LogP contribution in [0.3, 0.4) is 0 Å². The largest absolute Gasteiger partial charge is 0.376 e. The van der Waals surface area contributed by atoms with Gasteiger partial charge in [-0.05, 0) is 44.6 Å². The summed E-state index contributed by atoms with van der Waals surface area (Å²) < 4.78 is 5.78. The van der Waals surface area contributed by atoms with E-state index in [0.29, 0.717) is 0 Å². The lowest BCUT2D eigenvalue weighted by atomic mass is 9.83. The summed E-state index contributed by atoms with van der Waals surface area (Å²) in [6.45, 7) is 7.00. The van der Waals surface area contributed by atoms with E-state index in [9.17, 15) is 4.79 Å². The summed E-state index contributed by atoms with van der Waals surface area (Å²) in [5, 5.41) is 3.18. The zero-order valence-corrected chi connectivity index (χ0v) is 12.6. The number of likely N-dealkylation sites (N-methyl/N-ethyl adjacent to an activating group) is 1. The Balaban J connectivity index is 1.99. The molecule has 19 heavy (non-hydrogen) atoms. The maximum absolute atomic E-state index is 12.5. The number of nitrogens with zero attached hydrogens (tertiary/aromatic N) is 1. The molecule has 0 spiro atoms. The Hall–Kier alpha value is -0.610. The van der Waals surface area contributed by atoms with E-state index in [1.807, 2.05) is 11.9 Å². The standard InChI is InChI=1S/C15H28N2O2/c1-15(2)7-8-17(14(18)13(10-15)16-3)11-12-6-4-5-9-19-12/h12-13,16H,4-11H2,1-3H3. The highest BCUT2D eigenvalue weighted by Crippen LogP contribution is 2.31. The van der Waals surface area contributed by atoms with E-state index in [4.69, 9.17) is 4.74 Å². The van der Waals surface area contributed by atoms with Gasteiger partial charge in [-0.25, -0.2) is 0 Å². The van der Waals surface area contributed by atoms with Crippen molar-refractivity contribution in [2.75, 3.05) is 26.7 Å². The molecule has 110 valence electrons. The Bertz CT molecular complexity index is 311. The molecule has 0 radical (unpaired) electrons. The molecular formula is C15H28N2O2. The molecule has 2 aliphatic rings. The Morgan fingerprint density at radius 3 is 2.84 bits per heavy atom. The van der Waals surface area contributed by atoms with Gasteiger partial charge in [0.25, 0.3) is 0 Å². The maximum atomic E-state index is 12.5. The Morgan fingerprint density at radius 1 is 1.42 bits per heavy atom. The van der Waals surface area contributed by atoms with Crippen LogP contribution in [-0.4, -0.2) is 49.7 Å². The second-order valence-corrected chi connectivity index (χ2v) is 6.73. The minimum atomic E-state index is -0.0407. The number of hydrogen-bond donors (Lipinski definition) is 1. The van der Waals surface area contributed by atoms with Crippen molar-refractivity contribution in [2.45, 2.75) is 58.1 Å². The summed E-state index contributed by atoms with van der Waals surface area (Å²) in [7, 11) is 1.89. The van der Waals surface area contributed by atoms with E-state index in [-0.39, 0.29) is 23.5 Å². The molecule has 2 atom stereocenters. The number of amides is 1. The highest BCUT2D eigenvalue weighted by molar-refractivity contribution is 5.82. The smallest absolute Gasteiger partial charge is 0.239 e. The van der Waals surface area contributed by atoms with Gasteiger partial charge in [-0.15, -0.1) is 0 Å². The average molecular weight is 268 g/mol. The molecule has 4 nitrogen and oxygen atoms in total. The molecule has 0 aromatic heterocycles. The van der Waals surface area contributed by atoms with E-state index in [1.165, 1.54) is 6.42 Å². The number of carbonyl (C=O) groups excluding carboxylic acids is 1. The van der Waals surface area contributed by atoms with Gasteiger partial charge in [-0.2, -0.15) is 0 Å². The van der Waals surface area contributed by atoms with Gasteiger partial charge in [-0.1, -0.05) is 13.8 Å². The van der Waals surface area contributed by atoms with Crippen LogP contribution in [0.2, 0.25) is 0 Å². The number of carbonyl (C=O) groups is 1. The number of likely N-dealkylation sites (tertiary alicyclic amines) is 1. The second-order valence-electron chi connectivity index (χ2n) is 6.73. The normalized spacial score (nSPS) is 32.2. The van der Waals surface area contributed by atoms with Crippen molar-refractivity contribution in [1.29, 1.82) is 0 Å². The predicted octanol–water partition coefficient (Wildman–Crippen LogP) is 1.79. The van der Waals surface area contributed by atoms with Gasteiger partial charge in [0.2, 0.25) is 5.91 Å². The van der Waals surface area contributed by atoms with Crippen LogP contribution < -0.4 is 5.32 Å². The van der Waals surface area contributed by atoms with Crippen LogP contribution >= 0.6 is 0 Å². The molecule has 2 rings (SSSR count). The summed E-state index contributed by atoms with van der Waals surface area (Å²) in [5.41, 5.74) is 0.228. The quantitative estimate of drug-likeness (QED) is 0.848. The van der Waals surface area contributed by atoms with E-state index in [1.54, 1.807) is 0 Å². The summed E-state index contributed by atoms with van der Waals surface area (Å²) in [6, 6.07) is -0.0407. The highest BCUT2D eigenvalue weighted by atomic mass is 16.5. The molecular weight excluding hydrogens is 240 g/mol. The van der Waals surface area contributed by atoms with Crippen LogP contribution in [0.15, 0.2) is 0 Å². The zero-order valence-electron chi connectivity index (χ0n) is 12.6. The molecule has 1 amide bonds. The molecule has 1 N–H and O–H groups in total. The van der Waals surface area contributed by atoms with Crippen LogP contribution in [0, 0.1) is 5.41 Å². The zero-order chi connectivity index (χ0) is 13.9. The monoisotopic (exact) mass is 268 g/mol. The maximum Gasteiger partial charge on any atom is 0.239 e. The Morgan fingerprint density at radius 2 is 2.21 bits per heavy atom. The van der Waals surface area contributed by atoms with Crippen LogP contribution in [0.5, 0.6) is 0 Å². The lowest BCUT2D eigenvalue weighted by molar-refractivity contribution is -0.135. The first kappa shape index (κ1) is 14.8. The first-order valence-electron chi connectivity index (χ1n) is 7.59. The lowest BCUT2D eigenvalue weighted by Crippen LogP contribution is -2.47. The number of hydrogen-bond acceptors (Lipinski definition) is 3. The molecule has 0 bridgehead atoms. The molecule has 2 saturated heterocycles. The van der Waals surface area contributed by atoms with Gasteiger partial charge in [0.05, 0.1) is 12.1 Å². The molecule has 2 unspecified atom stereocenters. The molecule has 4 heteroatoms. The van der Waals surface area contributed by atoms with Gasteiger partial charge in [0.1, 0.15) is 0 Å². The fourth-order valence-electron chi connectivity index (χ4n) is 3.11. The van der Waals surface area contributed by atoms with Crippen LogP contribution in [0.25, 0.3) is 0 Å². The summed E-state index contributed by atoms with van der Waals surface area (Å²) >= 11 is 0. The third kappa shape index (κ3) is 3.93. The molecule has 0 aliphatic carbocycles. The SMILES string of the molecule is CNC1CC(C)(C)CCN(CC2CCCCO2)C1=O. The van der Waals surface area contributed by atoms with Crippen molar-refractivity contribution in [3.63, 3.8) is 0 Å².